The largest absolute Gasteiger partial charge is 0.493 e. The van der Waals surface area contributed by atoms with E-state index in [-0.39, 0.29) is 18.3 Å². The number of ether oxygens (including phenoxy) is 2. The Kier molecular flexibility index (Phi) is 7.26. The number of amides is 1. The number of nitrogens with zero attached hydrogens (tertiary/aromatic N) is 1. The molecular formula is C20H25FN2O3. The topological polar surface area (TPSA) is 50.8 Å². The highest BCUT2D eigenvalue weighted by atomic mass is 19.1. The standard InChI is InChI=1S/C20H25FN2O3/c1-15-9-10-18(19(13-15)25-3)26-14-20(24)22-11-6-12-23(2)17-8-5-4-7-16(17)21/h4-5,7-10,13H,6,11-12,14H2,1-3H3,(H,22,24). The summed E-state index contributed by atoms with van der Waals surface area (Å²) in [5.74, 6) is 0.678. The van der Waals surface area contributed by atoms with Gasteiger partial charge in [-0.3, -0.25) is 4.79 Å². The van der Waals surface area contributed by atoms with Gasteiger partial charge >= 0.3 is 0 Å². The molecule has 2 rings (SSSR count). The van der Waals surface area contributed by atoms with E-state index in [9.17, 15) is 9.18 Å². The monoisotopic (exact) mass is 360 g/mol. The zero-order chi connectivity index (χ0) is 18.9. The van der Waals surface area contributed by atoms with E-state index < -0.39 is 0 Å². The van der Waals surface area contributed by atoms with Gasteiger partial charge in [0.05, 0.1) is 12.8 Å². The van der Waals surface area contributed by atoms with E-state index in [0.29, 0.717) is 36.7 Å². The number of methoxy groups -OCH3 is 1. The van der Waals surface area contributed by atoms with Crippen molar-refractivity contribution in [2.75, 3.05) is 38.8 Å². The molecule has 0 fully saturated rings. The molecular weight excluding hydrogens is 335 g/mol. The van der Waals surface area contributed by atoms with Crippen LogP contribution in [0.4, 0.5) is 10.1 Å². The highest BCUT2D eigenvalue weighted by Gasteiger charge is 2.09. The maximum Gasteiger partial charge on any atom is 0.257 e. The Morgan fingerprint density at radius 2 is 1.96 bits per heavy atom. The average Bonchev–Trinajstić information content (AvgIpc) is 2.64. The number of nitrogens with one attached hydrogen (secondary N) is 1. The number of para-hydroxylation sites is 1. The molecule has 0 heterocycles. The predicted molar refractivity (Wildman–Crippen MR) is 101 cm³/mol. The van der Waals surface area contributed by atoms with Gasteiger partial charge in [0.2, 0.25) is 0 Å². The second-order valence-electron chi connectivity index (χ2n) is 6.02. The summed E-state index contributed by atoms with van der Waals surface area (Å²) in [5.41, 5.74) is 1.60. The molecule has 2 aromatic rings. The molecule has 0 aliphatic heterocycles. The van der Waals surface area contributed by atoms with Crippen LogP contribution < -0.4 is 19.7 Å². The van der Waals surface area contributed by atoms with Crippen LogP contribution in [0.3, 0.4) is 0 Å². The fourth-order valence-electron chi connectivity index (χ4n) is 2.51. The highest BCUT2D eigenvalue weighted by Crippen LogP contribution is 2.27. The molecule has 0 unspecified atom stereocenters. The number of hydrogen-bond acceptors (Lipinski definition) is 4. The fourth-order valence-corrected chi connectivity index (χ4v) is 2.51. The Balaban J connectivity index is 1.70. The van der Waals surface area contributed by atoms with Crippen LogP contribution in [0.1, 0.15) is 12.0 Å². The van der Waals surface area contributed by atoms with Gasteiger partial charge in [0.25, 0.3) is 5.91 Å². The molecule has 6 heteroatoms. The van der Waals surface area contributed by atoms with Crippen molar-refractivity contribution in [3.8, 4) is 11.5 Å². The van der Waals surface area contributed by atoms with E-state index >= 15 is 0 Å². The van der Waals surface area contributed by atoms with E-state index in [2.05, 4.69) is 5.32 Å². The van der Waals surface area contributed by atoms with Crippen LogP contribution in [-0.2, 0) is 4.79 Å². The Bertz CT molecular complexity index is 737. The summed E-state index contributed by atoms with van der Waals surface area (Å²) in [7, 11) is 3.39. The summed E-state index contributed by atoms with van der Waals surface area (Å²) in [5, 5.41) is 2.80. The van der Waals surface area contributed by atoms with Gasteiger partial charge in [0, 0.05) is 20.1 Å². The van der Waals surface area contributed by atoms with Crippen molar-refractivity contribution in [2.24, 2.45) is 0 Å². The minimum absolute atomic E-state index is 0.0808. The number of rotatable bonds is 9. The van der Waals surface area contributed by atoms with Crippen LogP contribution in [0.25, 0.3) is 0 Å². The van der Waals surface area contributed by atoms with Crippen LogP contribution in [0.15, 0.2) is 42.5 Å². The number of halogens is 1. The first-order valence-electron chi connectivity index (χ1n) is 8.51. The number of carbonyl (C=O) groups excluding carboxylic acids is 1. The van der Waals surface area contributed by atoms with Gasteiger partial charge in [0.15, 0.2) is 18.1 Å². The smallest absolute Gasteiger partial charge is 0.257 e. The summed E-state index contributed by atoms with van der Waals surface area (Å²) in [4.78, 5) is 13.7. The highest BCUT2D eigenvalue weighted by molar-refractivity contribution is 5.77. The van der Waals surface area contributed by atoms with E-state index in [1.165, 1.54) is 6.07 Å². The van der Waals surface area contributed by atoms with Crippen molar-refractivity contribution in [1.29, 1.82) is 0 Å². The van der Waals surface area contributed by atoms with Crippen LogP contribution in [0.5, 0.6) is 11.5 Å². The summed E-state index contributed by atoms with van der Waals surface area (Å²) < 4.78 is 24.4. The Morgan fingerprint density at radius 3 is 2.69 bits per heavy atom. The Morgan fingerprint density at radius 1 is 1.19 bits per heavy atom. The van der Waals surface area contributed by atoms with Crippen molar-refractivity contribution in [3.63, 3.8) is 0 Å². The first-order valence-corrected chi connectivity index (χ1v) is 8.51. The minimum atomic E-state index is -0.250. The average molecular weight is 360 g/mol. The predicted octanol–water partition coefficient (Wildman–Crippen LogP) is 3.16. The number of carbonyl (C=O) groups is 1. The molecule has 0 radical (unpaired) electrons. The molecule has 2 aromatic carbocycles. The quantitative estimate of drug-likeness (QED) is 0.698. The van der Waals surface area contributed by atoms with Gasteiger partial charge in [-0.15, -0.1) is 0 Å². The summed E-state index contributed by atoms with van der Waals surface area (Å²) >= 11 is 0. The van der Waals surface area contributed by atoms with Gasteiger partial charge in [-0.2, -0.15) is 0 Å². The van der Waals surface area contributed by atoms with Gasteiger partial charge < -0.3 is 19.7 Å². The maximum atomic E-state index is 13.7. The fraction of sp³-hybridized carbons (Fsp3) is 0.350. The van der Waals surface area contributed by atoms with E-state index in [1.54, 1.807) is 31.4 Å². The van der Waals surface area contributed by atoms with Crippen molar-refractivity contribution in [1.82, 2.24) is 5.32 Å². The lowest BCUT2D eigenvalue weighted by Gasteiger charge is -2.19. The third-order valence-electron chi connectivity index (χ3n) is 3.93. The minimum Gasteiger partial charge on any atom is -0.493 e. The molecule has 26 heavy (non-hydrogen) atoms. The van der Waals surface area contributed by atoms with Crippen molar-refractivity contribution >= 4 is 11.6 Å². The lowest BCUT2D eigenvalue weighted by molar-refractivity contribution is -0.123. The normalized spacial score (nSPS) is 10.3. The Hall–Kier alpha value is -2.76. The molecule has 0 saturated heterocycles. The lowest BCUT2D eigenvalue weighted by atomic mass is 10.2. The second-order valence-corrected chi connectivity index (χ2v) is 6.02. The molecule has 0 bridgehead atoms. The summed E-state index contributed by atoms with van der Waals surface area (Å²) in [6.45, 7) is 3.00. The first-order chi connectivity index (χ1) is 12.5. The van der Waals surface area contributed by atoms with Crippen molar-refractivity contribution in [2.45, 2.75) is 13.3 Å². The van der Waals surface area contributed by atoms with E-state index in [0.717, 1.165) is 5.56 Å². The molecule has 0 spiro atoms. The summed E-state index contributed by atoms with van der Waals surface area (Å²) in [6, 6.07) is 12.2. The number of benzene rings is 2. The molecule has 0 aromatic heterocycles. The molecule has 0 saturated carbocycles. The van der Waals surface area contributed by atoms with Gasteiger partial charge in [0.1, 0.15) is 5.82 Å². The molecule has 140 valence electrons. The van der Waals surface area contributed by atoms with E-state index in [4.69, 9.17) is 9.47 Å². The van der Waals surface area contributed by atoms with Crippen LogP contribution in [0, 0.1) is 12.7 Å². The molecule has 1 N–H and O–H groups in total. The Labute approximate surface area is 153 Å². The third kappa shape index (κ3) is 5.65. The molecule has 0 aliphatic rings. The zero-order valence-corrected chi connectivity index (χ0v) is 15.4. The maximum absolute atomic E-state index is 13.7. The zero-order valence-electron chi connectivity index (χ0n) is 15.4. The van der Waals surface area contributed by atoms with Gasteiger partial charge in [-0.1, -0.05) is 18.2 Å². The van der Waals surface area contributed by atoms with Crippen molar-refractivity contribution in [3.05, 3.63) is 53.8 Å². The number of hydrogen-bond donors (Lipinski definition) is 1. The van der Waals surface area contributed by atoms with Crippen LogP contribution in [-0.4, -0.2) is 39.8 Å². The molecule has 1 amide bonds. The molecule has 5 nitrogen and oxygen atoms in total. The first kappa shape index (κ1) is 19.6. The molecule has 0 aliphatic carbocycles. The molecule has 0 atom stereocenters. The van der Waals surface area contributed by atoms with Crippen LogP contribution in [0.2, 0.25) is 0 Å². The third-order valence-corrected chi connectivity index (χ3v) is 3.93. The lowest BCUT2D eigenvalue weighted by Crippen LogP contribution is -2.31. The van der Waals surface area contributed by atoms with Gasteiger partial charge in [-0.05, 0) is 43.2 Å². The number of aryl methyl sites for hydroxylation is 1. The van der Waals surface area contributed by atoms with E-state index in [1.807, 2.05) is 31.0 Å². The van der Waals surface area contributed by atoms with Crippen LogP contribution >= 0.6 is 0 Å². The van der Waals surface area contributed by atoms with Gasteiger partial charge in [-0.25, -0.2) is 4.39 Å². The number of anilines is 1. The van der Waals surface area contributed by atoms with Crippen molar-refractivity contribution < 1.29 is 18.7 Å². The summed E-state index contributed by atoms with van der Waals surface area (Å²) in [6.07, 6.45) is 0.699. The second kappa shape index (κ2) is 9.65. The SMILES string of the molecule is COc1cc(C)ccc1OCC(=O)NCCCN(C)c1ccccc1F.